The van der Waals surface area contributed by atoms with Crippen LogP contribution in [0.3, 0.4) is 0 Å². The van der Waals surface area contributed by atoms with E-state index in [0.29, 0.717) is 0 Å². The van der Waals surface area contributed by atoms with Gasteiger partial charge in [0.15, 0.2) is 11.7 Å². The lowest BCUT2D eigenvalue weighted by Crippen LogP contribution is -2.41. The molecule has 2 aliphatic rings. The molecule has 0 saturated heterocycles. The molecule has 12 heteroatoms. The number of hydrogen-bond acceptors (Lipinski definition) is 5. The summed E-state index contributed by atoms with van der Waals surface area (Å²) in [5, 5.41) is 11.4. The van der Waals surface area contributed by atoms with Gasteiger partial charge in [-0.25, -0.2) is 4.99 Å². The summed E-state index contributed by atoms with van der Waals surface area (Å²) in [7, 11) is 0. The summed E-state index contributed by atoms with van der Waals surface area (Å²) in [5.74, 6) is -1.03. The van der Waals surface area contributed by atoms with Gasteiger partial charge in [-0.3, -0.25) is 4.90 Å². The highest BCUT2D eigenvalue weighted by Crippen LogP contribution is 2.36. The molecule has 0 saturated carbocycles. The molecule has 1 aromatic carbocycles. The number of nitrogens with zero attached hydrogens (tertiary/aromatic N) is 4. The van der Waals surface area contributed by atoms with E-state index in [4.69, 9.17) is 10.9 Å². The van der Waals surface area contributed by atoms with Crippen LogP contribution in [0.2, 0.25) is 0 Å². The van der Waals surface area contributed by atoms with Crippen LogP contribution in [0.25, 0.3) is 0 Å². The van der Waals surface area contributed by atoms with Crippen LogP contribution in [-0.4, -0.2) is 39.5 Å². The zero-order valence-electron chi connectivity index (χ0n) is 13.3. The third-order valence-electron chi connectivity index (χ3n) is 3.85. The van der Waals surface area contributed by atoms with Gasteiger partial charge in [-0.1, -0.05) is 17.3 Å². The molecule has 3 rings (SSSR count). The number of rotatable bonds is 2. The van der Waals surface area contributed by atoms with Crippen molar-refractivity contribution in [3.8, 4) is 0 Å². The topological polar surface area (TPSA) is 77.4 Å². The van der Waals surface area contributed by atoms with Crippen molar-refractivity contribution in [3.63, 3.8) is 0 Å². The van der Waals surface area contributed by atoms with Gasteiger partial charge in [0.1, 0.15) is 12.4 Å². The fraction of sp³-hybridized carbons (Fsp3) is 0.200. The van der Waals surface area contributed by atoms with E-state index in [0.717, 1.165) is 29.2 Å². The van der Waals surface area contributed by atoms with E-state index in [2.05, 4.69) is 10.1 Å². The highest BCUT2D eigenvalue weighted by atomic mass is 19.4. The lowest BCUT2D eigenvalue weighted by Gasteiger charge is -2.24. The first kappa shape index (κ1) is 18.6. The largest absolute Gasteiger partial charge is 0.486 e. The summed E-state index contributed by atoms with van der Waals surface area (Å²) in [4.78, 5) is 5.13. The number of aliphatic imine (C=N–C) groups is 1. The second-order valence-corrected chi connectivity index (χ2v) is 5.55. The SMILES string of the molecule is NC(=NO)C1=C2N=C(c3ccc(C(F)(F)F)cc3)C=CN2CN1C(F)(F)F. The van der Waals surface area contributed by atoms with Gasteiger partial charge < -0.3 is 15.8 Å². The maximum absolute atomic E-state index is 13.2. The first-order valence-corrected chi connectivity index (χ1v) is 7.30. The van der Waals surface area contributed by atoms with Crippen LogP contribution in [0.15, 0.2) is 58.2 Å². The van der Waals surface area contributed by atoms with E-state index in [-0.39, 0.29) is 22.0 Å². The van der Waals surface area contributed by atoms with E-state index in [1.54, 1.807) is 0 Å². The molecule has 27 heavy (non-hydrogen) atoms. The molecule has 6 nitrogen and oxygen atoms in total. The summed E-state index contributed by atoms with van der Waals surface area (Å²) in [5.41, 5.74) is 4.25. The second-order valence-electron chi connectivity index (χ2n) is 5.55. The third-order valence-corrected chi connectivity index (χ3v) is 3.85. The van der Waals surface area contributed by atoms with Crippen molar-refractivity contribution < 1.29 is 31.5 Å². The van der Waals surface area contributed by atoms with Crippen molar-refractivity contribution in [2.24, 2.45) is 15.9 Å². The zero-order chi connectivity index (χ0) is 20.0. The molecule has 3 N–H and O–H groups in total. The Balaban J connectivity index is 2.05. The second kappa shape index (κ2) is 6.21. The molecule has 0 aliphatic carbocycles. The Bertz CT molecular complexity index is 866. The predicted octanol–water partition coefficient (Wildman–Crippen LogP) is 3.03. The monoisotopic (exact) mass is 391 g/mol. The van der Waals surface area contributed by atoms with Crippen molar-refractivity contribution in [3.05, 3.63) is 59.2 Å². The molecule has 0 unspecified atom stereocenters. The number of alkyl halides is 6. The molecule has 144 valence electrons. The quantitative estimate of drug-likeness (QED) is 0.203. The van der Waals surface area contributed by atoms with Crippen LogP contribution in [0.5, 0.6) is 0 Å². The van der Waals surface area contributed by atoms with E-state index in [1.165, 1.54) is 12.3 Å². The number of allylic oxidation sites excluding steroid dienone is 1. The molecule has 2 heterocycles. The first-order valence-electron chi connectivity index (χ1n) is 7.30. The van der Waals surface area contributed by atoms with Gasteiger partial charge in [-0.15, -0.1) is 0 Å². The lowest BCUT2D eigenvalue weighted by atomic mass is 10.1. The summed E-state index contributed by atoms with van der Waals surface area (Å²) >= 11 is 0. The van der Waals surface area contributed by atoms with Gasteiger partial charge in [-0.05, 0) is 18.2 Å². The fourth-order valence-corrected chi connectivity index (χ4v) is 2.59. The Morgan fingerprint density at radius 2 is 1.74 bits per heavy atom. The van der Waals surface area contributed by atoms with Crippen molar-refractivity contribution >= 4 is 11.5 Å². The average Bonchev–Trinajstić information content (AvgIpc) is 2.99. The van der Waals surface area contributed by atoms with Crippen molar-refractivity contribution in [1.29, 1.82) is 0 Å². The Morgan fingerprint density at radius 1 is 1.11 bits per heavy atom. The van der Waals surface area contributed by atoms with Gasteiger partial charge in [0.25, 0.3) is 0 Å². The normalized spacial score (nSPS) is 18.1. The molecular formula is C15H11F6N5O. The van der Waals surface area contributed by atoms with Crippen molar-refractivity contribution in [1.82, 2.24) is 9.80 Å². The highest BCUT2D eigenvalue weighted by Gasteiger charge is 2.47. The molecule has 0 fully saturated rings. The Morgan fingerprint density at radius 3 is 2.26 bits per heavy atom. The molecule has 1 aromatic rings. The Labute approximate surface area is 148 Å². The van der Waals surface area contributed by atoms with Crippen LogP contribution in [0.1, 0.15) is 11.1 Å². The first-order chi connectivity index (χ1) is 12.5. The zero-order valence-corrected chi connectivity index (χ0v) is 13.3. The summed E-state index contributed by atoms with van der Waals surface area (Å²) in [6.45, 7) is -0.662. The number of fused-ring (bicyclic) bond motifs is 1. The smallest absolute Gasteiger partial charge is 0.409 e. The molecule has 2 aliphatic heterocycles. The van der Waals surface area contributed by atoms with E-state index in [9.17, 15) is 26.3 Å². The number of hydrogen-bond donors (Lipinski definition) is 2. The number of amidine groups is 1. The number of oxime groups is 1. The summed E-state index contributed by atoms with van der Waals surface area (Å²) < 4.78 is 77.6. The van der Waals surface area contributed by atoms with Crippen LogP contribution < -0.4 is 5.73 Å². The number of nitrogens with two attached hydrogens (primary N) is 1. The molecular weight excluding hydrogens is 380 g/mol. The maximum atomic E-state index is 13.2. The van der Waals surface area contributed by atoms with Gasteiger partial charge in [-0.2, -0.15) is 26.3 Å². The fourth-order valence-electron chi connectivity index (χ4n) is 2.59. The summed E-state index contributed by atoms with van der Waals surface area (Å²) in [6.07, 6.45) is -6.69. The molecule has 0 radical (unpaired) electrons. The standard InChI is InChI=1S/C15H11F6N5O/c16-14(17,18)9-3-1-8(2-4-9)10-5-6-25-7-26(15(19,20)21)11(12(22)24-27)13(25)23-10/h1-6,27H,7H2,(H2,22,24). The number of benzene rings is 1. The Hall–Kier alpha value is -3.18. The van der Waals surface area contributed by atoms with Crippen LogP contribution in [0, 0.1) is 0 Å². The van der Waals surface area contributed by atoms with Gasteiger partial charge in [0, 0.05) is 11.8 Å². The molecule has 0 spiro atoms. The van der Waals surface area contributed by atoms with E-state index < -0.39 is 36.2 Å². The van der Waals surface area contributed by atoms with Gasteiger partial charge >= 0.3 is 12.5 Å². The summed E-state index contributed by atoms with van der Waals surface area (Å²) in [6, 6.07) is 3.99. The molecule has 0 aromatic heterocycles. The highest BCUT2D eigenvalue weighted by molar-refractivity contribution is 6.10. The predicted molar refractivity (Wildman–Crippen MR) is 82.2 cm³/mol. The number of halogens is 6. The third kappa shape index (κ3) is 3.41. The molecule has 0 bridgehead atoms. The van der Waals surface area contributed by atoms with E-state index >= 15 is 0 Å². The minimum atomic E-state index is -4.81. The average molecular weight is 391 g/mol. The lowest BCUT2D eigenvalue weighted by molar-refractivity contribution is -0.231. The molecule has 0 amide bonds. The maximum Gasteiger partial charge on any atom is 0.486 e. The van der Waals surface area contributed by atoms with E-state index in [1.807, 2.05) is 0 Å². The minimum Gasteiger partial charge on any atom is -0.409 e. The van der Waals surface area contributed by atoms with Crippen LogP contribution >= 0.6 is 0 Å². The van der Waals surface area contributed by atoms with Crippen molar-refractivity contribution in [2.75, 3.05) is 6.67 Å². The van der Waals surface area contributed by atoms with Crippen LogP contribution in [-0.2, 0) is 6.18 Å². The van der Waals surface area contributed by atoms with Gasteiger partial charge in [0.05, 0.1) is 11.3 Å². The molecule has 0 atom stereocenters. The van der Waals surface area contributed by atoms with Gasteiger partial charge in [0.2, 0.25) is 0 Å². The van der Waals surface area contributed by atoms with Crippen molar-refractivity contribution in [2.45, 2.75) is 12.5 Å². The minimum absolute atomic E-state index is 0.0546. The van der Waals surface area contributed by atoms with Crippen LogP contribution in [0.4, 0.5) is 26.3 Å². The Kier molecular flexibility index (Phi) is 4.28.